The van der Waals surface area contributed by atoms with Crippen molar-refractivity contribution in [3.8, 4) is 11.5 Å². The highest BCUT2D eigenvalue weighted by Crippen LogP contribution is 2.27. The first-order chi connectivity index (χ1) is 13.4. The van der Waals surface area contributed by atoms with Crippen molar-refractivity contribution in [3.63, 3.8) is 0 Å². The molecule has 2 amide bonds. The van der Waals surface area contributed by atoms with Crippen molar-refractivity contribution in [1.82, 2.24) is 15.6 Å². The molecule has 0 spiro atoms. The summed E-state index contributed by atoms with van der Waals surface area (Å²) >= 11 is 1.08. The maximum absolute atomic E-state index is 12.1. The number of rotatable bonds is 9. The number of hydrogen-bond acceptors (Lipinski definition) is 7. The van der Waals surface area contributed by atoms with E-state index in [-0.39, 0.29) is 22.7 Å². The lowest BCUT2D eigenvalue weighted by Crippen LogP contribution is -2.42. The van der Waals surface area contributed by atoms with Gasteiger partial charge in [-0.05, 0) is 36.6 Å². The lowest BCUT2D eigenvalue weighted by molar-refractivity contribution is -0.121. The summed E-state index contributed by atoms with van der Waals surface area (Å²) in [6, 6.07) is 7.71. The number of thiophene rings is 1. The molecular weight excluding hydrogens is 406 g/mol. The highest BCUT2D eigenvalue weighted by atomic mass is 32.2. The topological polar surface area (TPSA) is 123 Å². The Morgan fingerprint density at radius 1 is 1.14 bits per heavy atom. The van der Waals surface area contributed by atoms with Gasteiger partial charge in [0.05, 0.1) is 13.7 Å². The summed E-state index contributed by atoms with van der Waals surface area (Å²) in [6.45, 7) is 2.18. The van der Waals surface area contributed by atoms with Crippen LogP contribution in [-0.4, -0.2) is 40.5 Å². The average molecular weight is 428 g/mol. The van der Waals surface area contributed by atoms with Gasteiger partial charge >= 0.3 is 0 Å². The molecule has 0 aliphatic heterocycles. The van der Waals surface area contributed by atoms with E-state index < -0.39 is 21.8 Å². The van der Waals surface area contributed by atoms with Gasteiger partial charge in [0.1, 0.15) is 4.21 Å². The fraction of sp³-hybridized carbons (Fsp3) is 0.294. The number of carbonyl (C=O) groups is 2. The average Bonchev–Trinajstić information content (AvgIpc) is 3.22. The molecule has 1 heterocycles. The molecule has 0 aliphatic carbocycles. The largest absolute Gasteiger partial charge is 0.493 e. The number of carbonyl (C=O) groups excluding carboxylic acids is 2. The Morgan fingerprint density at radius 3 is 2.57 bits per heavy atom. The summed E-state index contributed by atoms with van der Waals surface area (Å²) in [5, 5.41) is 1.65. The molecule has 0 aliphatic rings. The summed E-state index contributed by atoms with van der Waals surface area (Å²) in [7, 11) is -2.17. The van der Waals surface area contributed by atoms with Crippen LogP contribution in [0.5, 0.6) is 11.5 Å². The molecule has 11 heteroatoms. The molecule has 0 saturated carbocycles. The van der Waals surface area contributed by atoms with Gasteiger partial charge < -0.3 is 9.47 Å². The Labute approximate surface area is 167 Å². The van der Waals surface area contributed by atoms with E-state index >= 15 is 0 Å². The van der Waals surface area contributed by atoms with E-state index in [2.05, 4.69) is 15.6 Å². The monoisotopic (exact) mass is 427 g/mol. The van der Waals surface area contributed by atoms with E-state index in [1.165, 1.54) is 25.3 Å². The lowest BCUT2D eigenvalue weighted by atomic mass is 10.2. The van der Waals surface area contributed by atoms with E-state index in [0.29, 0.717) is 18.1 Å². The normalized spacial score (nSPS) is 10.9. The zero-order valence-corrected chi connectivity index (χ0v) is 17.0. The van der Waals surface area contributed by atoms with E-state index in [4.69, 9.17) is 9.47 Å². The van der Waals surface area contributed by atoms with Crippen molar-refractivity contribution in [1.29, 1.82) is 0 Å². The van der Waals surface area contributed by atoms with Gasteiger partial charge in [-0.25, -0.2) is 13.1 Å². The Morgan fingerprint density at radius 2 is 1.93 bits per heavy atom. The van der Waals surface area contributed by atoms with Crippen LogP contribution in [0.1, 0.15) is 23.7 Å². The maximum atomic E-state index is 12.1. The number of sulfonamides is 1. The molecule has 2 rings (SSSR count). The molecule has 0 unspecified atom stereocenters. The lowest BCUT2D eigenvalue weighted by Gasteiger charge is -2.11. The Hall–Kier alpha value is -2.63. The van der Waals surface area contributed by atoms with Crippen LogP contribution < -0.4 is 25.0 Å². The third-order valence-electron chi connectivity index (χ3n) is 3.45. The summed E-state index contributed by atoms with van der Waals surface area (Å²) in [6.07, 6.45) is -0.141. The Bertz CT molecular complexity index is 913. The highest BCUT2D eigenvalue weighted by Gasteiger charge is 2.15. The minimum absolute atomic E-state index is 0.0984. The van der Waals surface area contributed by atoms with Crippen molar-refractivity contribution in [2.75, 3.05) is 20.3 Å². The molecule has 3 N–H and O–H groups in total. The summed E-state index contributed by atoms with van der Waals surface area (Å²) in [5.41, 5.74) is 4.77. The van der Waals surface area contributed by atoms with Crippen LogP contribution in [0.15, 0.2) is 39.9 Å². The first kappa shape index (κ1) is 21.7. The zero-order valence-electron chi connectivity index (χ0n) is 15.4. The van der Waals surface area contributed by atoms with Gasteiger partial charge in [-0.15, -0.1) is 11.3 Å². The van der Waals surface area contributed by atoms with E-state index in [1.54, 1.807) is 17.5 Å². The molecule has 0 saturated heterocycles. The molecule has 9 nitrogen and oxygen atoms in total. The first-order valence-electron chi connectivity index (χ1n) is 8.30. The predicted molar refractivity (Wildman–Crippen MR) is 104 cm³/mol. The number of nitrogens with one attached hydrogen (secondary N) is 3. The molecule has 2 aromatic rings. The van der Waals surface area contributed by atoms with Gasteiger partial charge in [0, 0.05) is 18.5 Å². The summed E-state index contributed by atoms with van der Waals surface area (Å²) < 4.78 is 36.9. The number of ether oxygens (including phenoxy) is 2. The van der Waals surface area contributed by atoms with Crippen molar-refractivity contribution in [3.05, 3.63) is 41.3 Å². The SMILES string of the molecule is CCOc1ccc(C(=O)NNC(=O)CCNS(=O)(=O)c2cccs2)cc1OC. The maximum Gasteiger partial charge on any atom is 0.269 e. The number of benzene rings is 1. The van der Waals surface area contributed by atoms with Crippen molar-refractivity contribution < 1.29 is 27.5 Å². The molecule has 1 aromatic heterocycles. The van der Waals surface area contributed by atoms with Gasteiger partial charge in [-0.1, -0.05) is 6.07 Å². The third-order valence-corrected chi connectivity index (χ3v) is 6.30. The number of hydrogen-bond donors (Lipinski definition) is 3. The van der Waals surface area contributed by atoms with Gasteiger partial charge in [0.2, 0.25) is 15.9 Å². The zero-order chi connectivity index (χ0) is 20.6. The summed E-state index contributed by atoms with van der Waals surface area (Å²) in [4.78, 5) is 24.0. The Balaban J connectivity index is 1.81. The molecule has 0 radical (unpaired) electrons. The third kappa shape index (κ3) is 5.94. The summed E-state index contributed by atoms with van der Waals surface area (Å²) in [5.74, 6) is -0.193. The standard InChI is InChI=1S/C17H21N3O6S2/c1-3-26-13-7-6-12(11-14(13)25-2)17(22)20-19-15(21)8-9-18-28(23,24)16-5-4-10-27-16/h4-7,10-11,18H,3,8-9H2,1-2H3,(H,19,21)(H,20,22). The highest BCUT2D eigenvalue weighted by molar-refractivity contribution is 7.91. The quantitative estimate of drug-likeness (QED) is 0.518. The molecule has 1 aromatic carbocycles. The fourth-order valence-corrected chi connectivity index (χ4v) is 4.20. The van der Waals surface area contributed by atoms with E-state index in [0.717, 1.165) is 11.3 Å². The van der Waals surface area contributed by atoms with Crippen molar-refractivity contribution in [2.24, 2.45) is 0 Å². The molecule has 0 atom stereocenters. The number of methoxy groups -OCH3 is 1. The van der Waals surface area contributed by atoms with Gasteiger partial charge in [0.15, 0.2) is 11.5 Å². The smallest absolute Gasteiger partial charge is 0.269 e. The van der Waals surface area contributed by atoms with E-state index in [9.17, 15) is 18.0 Å². The van der Waals surface area contributed by atoms with Gasteiger partial charge in [0.25, 0.3) is 5.91 Å². The van der Waals surface area contributed by atoms with Gasteiger partial charge in [-0.2, -0.15) is 0 Å². The second-order valence-corrected chi connectivity index (χ2v) is 8.32. The number of hydrazine groups is 1. The molecule has 0 bridgehead atoms. The van der Waals surface area contributed by atoms with Gasteiger partial charge in [-0.3, -0.25) is 20.4 Å². The predicted octanol–water partition coefficient (Wildman–Crippen LogP) is 1.28. The fourth-order valence-electron chi connectivity index (χ4n) is 2.13. The van der Waals surface area contributed by atoms with Crippen molar-refractivity contribution >= 4 is 33.2 Å². The molecule has 152 valence electrons. The van der Waals surface area contributed by atoms with Crippen LogP contribution in [0.4, 0.5) is 0 Å². The second-order valence-electron chi connectivity index (χ2n) is 5.38. The first-order valence-corrected chi connectivity index (χ1v) is 10.7. The number of amides is 2. The van der Waals surface area contributed by atoms with Crippen LogP contribution in [-0.2, 0) is 14.8 Å². The van der Waals surface area contributed by atoms with E-state index in [1.807, 2.05) is 6.92 Å². The minimum Gasteiger partial charge on any atom is -0.493 e. The Kier molecular flexibility index (Phi) is 7.79. The minimum atomic E-state index is -3.63. The van der Waals surface area contributed by atoms with Crippen LogP contribution in [0.3, 0.4) is 0 Å². The van der Waals surface area contributed by atoms with Crippen LogP contribution in [0.25, 0.3) is 0 Å². The van der Waals surface area contributed by atoms with Crippen LogP contribution in [0.2, 0.25) is 0 Å². The molecule has 28 heavy (non-hydrogen) atoms. The molecule has 0 fully saturated rings. The molecular formula is C17H21N3O6S2. The second kappa shape index (κ2) is 10.1. The van der Waals surface area contributed by atoms with Crippen molar-refractivity contribution in [2.45, 2.75) is 17.6 Å². The van der Waals surface area contributed by atoms with Crippen LogP contribution >= 0.6 is 11.3 Å². The van der Waals surface area contributed by atoms with Crippen LogP contribution in [0, 0.1) is 0 Å².